The molecule has 0 aromatic heterocycles. The molecule has 13 heteroatoms. The maximum Gasteiger partial charge on any atom is 0.335 e. The first kappa shape index (κ1) is 29.9. The number of hydrogen-bond donors (Lipinski definition) is 6. The van der Waals surface area contributed by atoms with Crippen molar-refractivity contribution in [1.29, 1.82) is 0 Å². The molecule has 3 aliphatic rings. The van der Waals surface area contributed by atoms with E-state index >= 15 is 0 Å². The summed E-state index contributed by atoms with van der Waals surface area (Å²) in [5.41, 5.74) is 3.16. The molecule has 3 aromatic rings. The zero-order chi connectivity index (χ0) is 31.3. The Labute approximate surface area is 251 Å². The summed E-state index contributed by atoms with van der Waals surface area (Å²) in [6, 6.07) is 14.0. The number of carboxylic acid groups (broad SMARTS) is 1. The number of rotatable bonds is 8. The molecule has 0 bridgehead atoms. The smallest absolute Gasteiger partial charge is 0.335 e. The first-order valence-corrected chi connectivity index (χ1v) is 13.9. The molecule has 6 N–H and O–H groups in total. The van der Waals surface area contributed by atoms with Crippen LogP contribution in [0, 0.1) is 0 Å². The highest BCUT2D eigenvalue weighted by atomic mass is 16.7. The van der Waals surface area contributed by atoms with Crippen LogP contribution in [0.15, 0.2) is 48.5 Å². The number of aliphatic hydroxyl groups excluding tert-OH is 5. The lowest BCUT2D eigenvalue weighted by Crippen LogP contribution is -2.61. The van der Waals surface area contributed by atoms with Gasteiger partial charge in [0, 0.05) is 23.8 Å². The van der Waals surface area contributed by atoms with Gasteiger partial charge in [0.15, 0.2) is 17.6 Å². The molecule has 13 nitrogen and oxygen atoms in total. The molecule has 0 amide bonds. The molecule has 1 saturated heterocycles. The molecule has 1 fully saturated rings. The summed E-state index contributed by atoms with van der Waals surface area (Å²) in [7, 11) is 2.96. The van der Waals surface area contributed by atoms with Crippen molar-refractivity contribution in [3.8, 4) is 39.9 Å². The van der Waals surface area contributed by atoms with Gasteiger partial charge in [-0.15, -0.1) is 0 Å². The van der Waals surface area contributed by atoms with E-state index in [2.05, 4.69) is 0 Å². The van der Waals surface area contributed by atoms with Gasteiger partial charge in [-0.3, -0.25) is 0 Å². The minimum absolute atomic E-state index is 0.0563. The first-order valence-electron chi connectivity index (χ1n) is 13.9. The van der Waals surface area contributed by atoms with Gasteiger partial charge in [0.2, 0.25) is 18.3 Å². The Morgan fingerprint density at radius 3 is 2.32 bits per heavy atom. The second-order valence-electron chi connectivity index (χ2n) is 10.7. The van der Waals surface area contributed by atoms with Crippen LogP contribution in [0.1, 0.15) is 28.7 Å². The molecule has 0 aliphatic carbocycles. The van der Waals surface area contributed by atoms with E-state index in [9.17, 15) is 35.4 Å². The molecular formula is C31H32O13. The van der Waals surface area contributed by atoms with Gasteiger partial charge in [-0.25, -0.2) is 4.79 Å². The second kappa shape index (κ2) is 11.8. The predicted octanol–water partition coefficient (Wildman–Crippen LogP) is 1.10. The van der Waals surface area contributed by atoms with Crippen LogP contribution in [0.4, 0.5) is 0 Å². The van der Waals surface area contributed by atoms with E-state index in [-0.39, 0.29) is 24.5 Å². The molecule has 0 spiro atoms. The zero-order valence-corrected chi connectivity index (χ0v) is 23.7. The van der Waals surface area contributed by atoms with Crippen LogP contribution in [0.2, 0.25) is 0 Å². The lowest BCUT2D eigenvalue weighted by atomic mass is 9.82. The highest BCUT2D eigenvalue weighted by molar-refractivity contribution is 5.75. The van der Waals surface area contributed by atoms with E-state index in [1.165, 1.54) is 20.3 Å². The Kier molecular flexibility index (Phi) is 8.01. The number of carboxylic acids is 1. The van der Waals surface area contributed by atoms with Crippen LogP contribution < -0.4 is 23.7 Å². The largest absolute Gasteiger partial charge is 0.493 e. The van der Waals surface area contributed by atoms with Gasteiger partial charge >= 0.3 is 5.97 Å². The van der Waals surface area contributed by atoms with Crippen LogP contribution in [0.5, 0.6) is 28.7 Å². The van der Waals surface area contributed by atoms with Gasteiger partial charge in [-0.1, -0.05) is 30.3 Å². The number of aliphatic carboxylic acids is 1. The number of ether oxygens (including phenoxy) is 6. The molecule has 3 aromatic carbocycles. The van der Waals surface area contributed by atoms with Gasteiger partial charge in [-0.05, 0) is 35.2 Å². The lowest BCUT2D eigenvalue weighted by Gasteiger charge is -2.39. The quantitative estimate of drug-likeness (QED) is 0.212. The topological polar surface area (TPSA) is 194 Å². The summed E-state index contributed by atoms with van der Waals surface area (Å²) in [5, 5.41) is 61.5. The fourth-order valence-electron chi connectivity index (χ4n) is 6.12. The van der Waals surface area contributed by atoms with E-state index in [1.54, 1.807) is 12.1 Å². The Balaban J connectivity index is 1.46. The van der Waals surface area contributed by atoms with Gasteiger partial charge in [-0.2, -0.15) is 0 Å². The molecule has 0 unspecified atom stereocenters. The van der Waals surface area contributed by atoms with Crippen LogP contribution in [-0.2, 0) is 16.0 Å². The monoisotopic (exact) mass is 612 g/mol. The van der Waals surface area contributed by atoms with E-state index in [1.807, 2.05) is 30.3 Å². The summed E-state index contributed by atoms with van der Waals surface area (Å²) < 4.78 is 34.9. The van der Waals surface area contributed by atoms with Crippen LogP contribution >= 0.6 is 0 Å². The van der Waals surface area contributed by atoms with Crippen molar-refractivity contribution in [2.75, 3.05) is 20.8 Å². The Morgan fingerprint density at radius 1 is 0.909 bits per heavy atom. The summed E-state index contributed by atoms with van der Waals surface area (Å²) in [6.07, 6.45) is -11.0. The highest BCUT2D eigenvalue weighted by Crippen LogP contribution is 2.60. The fourth-order valence-corrected chi connectivity index (χ4v) is 6.12. The standard InChI is InChI=1S/C31H32O13/c1-39-18-10-14(8-9-32)19-21-26(43-27(19)25(18)40-2)20-16(13-6-4-3-5-7-13)11-15(12-17(20)42-30(21)38)41-31-24(35)22(33)23(34)28(44-31)29(36)37/h3-7,10-12,21-24,26,28,30-35,38H,8-9H2,1-2H3,(H,36,37)/t21-,22-,23-,24+,26+,28-,30-,31-/m0/s1. The van der Waals surface area contributed by atoms with Crippen LogP contribution in [0.25, 0.3) is 11.1 Å². The summed E-state index contributed by atoms with van der Waals surface area (Å²) in [4.78, 5) is 11.6. The van der Waals surface area contributed by atoms with Crippen molar-refractivity contribution in [2.24, 2.45) is 0 Å². The number of carbonyl (C=O) groups is 1. The van der Waals surface area contributed by atoms with Crippen molar-refractivity contribution in [3.05, 3.63) is 65.2 Å². The molecule has 3 heterocycles. The van der Waals surface area contributed by atoms with Crippen molar-refractivity contribution < 1.29 is 63.9 Å². The number of fused-ring (bicyclic) bond motifs is 5. The van der Waals surface area contributed by atoms with Crippen molar-refractivity contribution in [2.45, 2.75) is 55.4 Å². The SMILES string of the molecule is COc1cc(CCO)c2c(c1OC)O[C@@H]1c3c(cc(O[C@H]4O[C@H](C(=O)O)[C@@H](O)[C@H](O)[C@H]4O)cc3-c3ccccc3)O[C@H](O)[C@@H]21. The summed E-state index contributed by atoms with van der Waals surface area (Å²) >= 11 is 0. The van der Waals surface area contributed by atoms with E-state index in [4.69, 9.17) is 28.4 Å². The first-order chi connectivity index (χ1) is 21.2. The van der Waals surface area contributed by atoms with Gasteiger partial charge in [0.05, 0.1) is 20.1 Å². The third-order valence-corrected chi connectivity index (χ3v) is 8.14. The molecule has 0 radical (unpaired) electrons. The van der Waals surface area contributed by atoms with Crippen LogP contribution in [0.3, 0.4) is 0 Å². The molecule has 44 heavy (non-hydrogen) atoms. The fraction of sp³-hybridized carbons (Fsp3) is 0.387. The van der Waals surface area contributed by atoms with Gasteiger partial charge < -0.3 is 59.1 Å². The minimum Gasteiger partial charge on any atom is -0.493 e. The van der Waals surface area contributed by atoms with E-state index in [0.29, 0.717) is 39.5 Å². The molecule has 3 aliphatic heterocycles. The lowest BCUT2D eigenvalue weighted by molar-refractivity contribution is -0.271. The average molecular weight is 613 g/mol. The molecule has 6 rings (SSSR count). The third kappa shape index (κ3) is 4.87. The maximum atomic E-state index is 11.6. The number of hydrogen-bond acceptors (Lipinski definition) is 12. The number of benzene rings is 3. The molecule has 234 valence electrons. The summed E-state index contributed by atoms with van der Waals surface area (Å²) in [5.74, 6) is -0.954. The Bertz CT molecular complexity index is 1540. The van der Waals surface area contributed by atoms with Crippen LogP contribution in [-0.4, -0.2) is 94.4 Å². The highest BCUT2D eigenvalue weighted by Gasteiger charge is 2.51. The van der Waals surface area contributed by atoms with E-state index < -0.39 is 55.0 Å². The maximum absolute atomic E-state index is 11.6. The average Bonchev–Trinajstić information content (AvgIpc) is 3.42. The molecule has 0 saturated carbocycles. The second-order valence-corrected chi connectivity index (χ2v) is 10.7. The van der Waals surface area contributed by atoms with E-state index in [0.717, 1.165) is 5.56 Å². The number of methoxy groups -OCH3 is 2. The van der Waals surface area contributed by atoms with Gasteiger partial charge in [0.25, 0.3) is 0 Å². The molecule has 8 atom stereocenters. The van der Waals surface area contributed by atoms with Crippen molar-refractivity contribution in [3.63, 3.8) is 0 Å². The van der Waals surface area contributed by atoms with Gasteiger partial charge in [0.1, 0.15) is 35.9 Å². The predicted molar refractivity (Wildman–Crippen MR) is 150 cm³/mol. The third-order valence-electron chi connectivity index (χ3n) is 8.14. The Hall–Kier alpha value is -4.11. The van der Waals surface area contributed by atoms with Crippen molar-refractivity contribution in [1.82, 2.24) is 0 Å². The molecular weight excluding hydrogens is 580 g/mol. The van der Waals surface area contributed by atoms with Crippen molar-refractivity contribution >= 4 is 5.97 Å². The minimum atomic E-state index is -1.88. The Morgan fingerprint density at radius 2 is 1.66 bits per heavy atom. The summed E-state index contributed by atoms with van der Waals surface area (Å²) in [6.45, 7) is -0.160. The zero-order valence-electron chi connectivity index (χ0n) is 23.7. The number of aliphatic hydroxyl groups is 5. The normalized spacial score (nSPS) is 28.5.